The maximum atomic E-state index is 10.1. The van der Waals surface area contributed by atoms with Crippen molar-refractivity contribution in [2.24, 2.45) is 11.7 Å². The van der Waals surface area contributed by atoms with E-state index in [1.54, 1.807) is 0 Å². The Morgan fingerprint density at radius 3 is 2.58 bits per heavy atom. The molecule has 0 aromatic carbocycles. The van der Waals surface area contributed by atoms with Crippen molar-refractivity contribution in [3.05, 3.63) is 0 Å². The van der Waals surface area contributed by atoms with Gasteiger partial charge in [0, 0.05) is 0 Å². The van der Waals surface area contributed by atoms with Crippen LogP contribution in [0.5, 0.6) is 0 Å². The van der Waals surface area contributed by atoms with E-state index in [2.05, 4.69) is 19.2 Å². The van der Waals surface area contributed by atoms with E-state index in [-0.39, 0.29) is 6.04 Å². The Balaban J connectivity index is 3.85. The number of hydrogen-bond acceptors (Lipinski definition) is 3. The number of carbonyl (C=O) groups is 1. The van der Waals surface area contributed by atoms with Crippen molar-refractivity contribution in [3.63, 3.8) is 0 Å². The smallest absolute Gasteiger partial charge is 0.207 e. The minimum absolute atomic E-state index is 0.322. The summed E-state index contributed by atoms with van der Waals surface area (Å²) in [6.45, 7) is 4.12. The van der Waals surface area contributed by atoms with Crippen LogP contribution in [0.2, 0.25) is 0 Å². The van der Waals surface area contributed by atoms with E-state index >= 15 is 0 Å². The Morgan fingerprint density at radius 1 is 1.67 bits per heavy atom. The molecule has 4 heteroatoms. The molecule has 0 aliphatic heterocycles. The maximum Gasteiger partial charge on any atom is 0.207 e. The number of nitrogens with two attached hydrogens (primary N) is 1. The van der Waals surface area contributed by atoms with E-state index in [0.29, 0.717) is 18.7 Å². The highest BCUT2D eigenvalue weighted by Gasteiger charge is 2.16. The van der Waals surface area contributed by atoms with Crippen molar-refractivity contribution >= 4 is 6.41 Å². The van der Waals surface area contributed by atoms with Gasteiger partial charge < -0.3 is 16.2 Å². The van der Waals surface area contributed by atoms with Gasteiger partial charge in [0.05, 0.1) is 6.04 Å². The van der Waals surface area contributed by atoms with Crippen molar-refractivity contribution in [1.82, 2.24) is 5.32 Å². The summed E-state index contributed by atoms with van der Waals surface area (Å²) in [4.78, 5) is 10.1. The average molecular weight is 174 g/mol. The number of carbonyl (C=O) groups excluding carboxylic acids is 1. The molecule has 4 N–H and O–H groups in total. The van der Waals surface area contributed by atoms with Gasteiger partial charge in [-0.1, -0.05) is 20.3 Å². The molecular formula is C8H18N2O2. The fraction of sp³-hybridized carbons (Fsp3) is 0.875. The molecule has 0 spiro atoms. The molecule has 0 aromatic rings. The first-order valence-electron chi connectivity index (χ1n) is 4.25. The van der Waals surface area contributed by atoms with Gasteiger partial charge in [-0.25, -0.2) is 0 Å². The summed E-state index contributed by atoms with van der Waals surface area (Å²) in [6, 6.07) is -0.322. The van der Waals surface area contributed by atoms with Gasteiger partial charge in [0.25, 0.3) is 0 Å². The first-order chi connectivity index (χ1) is 5.61. The molecule has 0 saturated heterocycles. The Labute approximate surface area is 73.1 Å². The van der Waals surface area contributed by atoms with Gasteiger partial charge in [-0.05, 0) is 12.3 Å². The summed E-state index contributed by atoms with van der Waals surface area (Å²) in [6.07, 6.45) is 1.34. The normalized spacial score (nSPS) is 18.0. The number of hydrogen-bond donors (Lipinski definition) is 3. The quantitative estimate of drug-likeness (QED) is 0.386. The molecule has 4 nitrogen and oxygen atoms in total. The number of aliphatic hydroxyl groups is 1. The van der Waals surface area contributed by atoms with E-state index < -0.39 is 6.23 Å². The van der Waals surface area contributed by atoms with E-state index in [4.69, 9.17) is 10.8 Å². The second-order valence-corrected chi connectivity index (χ2v) is 3.13. The van der Waals surface area contributed by atoms with E-state index in [0.717, 1.165) is 6.42 Å². The molecule has 0 rings (SSSR count). The Kier molecular flexibility index (Phi) is 5.66. The minimum Gasteiger partial charge on any atom is -0.377 e. The number of amides is 1. The van der Waals surface area contributed by atoms with Crippen molar-refractivity contribution in [1.29, 1.82) is 0 Å². The molecule has 2 unspecified atom stereocenters. The molecule has 0 heterocycles. The fourth-order valence-corrected chi connectivity index (χ4v) is 0.994. The van der Waals surface area contributed by atoms with E-state index in [1.807, 2.05) is 0 Å². The highest BCUT2D eigenvalue weighted by molar-refractivity contribution is 5.46. The Bertz CT molecular complexity index is 128. The topological polar surface area (TPSA) is 75.4 Å². The monoisotopic (exact) mass is 174 g/mol. The zero-order chi connectivity index (χ0) is 9.56. The number of nitrogens with one attached hydrogen (secondary N) is 1. The van der Waals surface area contributed by atoms with Crippen LogP contribution in [-0.4, -0.2) is 23.8 Å². The van der Waals surface area contributed by atoms with Crippen LogP contribution in [0.3, 0.4) is 0 Å². The third kappa shape index (κ3) is 4.31. The van der Waals surface area contributed by atoms with Gasteiger partial charge in [-0.15, -0.1) is 0 Å². The highest BCUT2D eigenvalue weighted by atomic mass is 16.3. The van der Waals surface area contributed by atoms with Gasteiger partial charge in [0.1, 0.15) is 6.23 Å². The third-order valence-electron chi connectivity index (χ3n) is 2.05. The van der Waals surface area contributed by atoms with Gasteiger partial charge in [0.2, 0.25) is 6.41 Å². The van der Waals surface area contributed by atoms with Crippen LogP contribution in [-0.2, 0) is 4.79 Å². The van der Waals surface area contributed by atoms with Crippen LogP contribution in [0.1, 0.15) is 26.7 Å². The molecule has 3 atom stereocenters. The van der Waals surface area contributed by atoms with Gasteiger partial charge in [0.15, 0.2) is 0 Å². The predicted octanol–water partition coefficient (Wildman–Crippen LogP) is -0.186. The van der Waals surface area contributed by atoms with Gasteiger partial charge >= 0.3 is 0 Å². The molecule has 0 aliphatic rings. The second-order valence-electron chi connectivity index (χ2n) is 3.13. The lowest BCUT2D eigenvalue weighted by molar-refractivity contribution is -0.111. The molecule has 0 aliphatic carbocycles. The van der Waals surface area contributed by atoms with Gasteiger partial charge in [-0.3, -0.25) is 4.79 Å². The largest absolute Gasteiger partial charge is 0.377 e. The van der Waals surface area contributed by atoms with Crippen molar-refractivity contribution in [2.75, 3.05) is 0 Å². The number of rotatable bonds is 6. The molecule has 72 valence electrons. The van der Waals surface area contributed by atoms with Crippen molar-refractivity contribution in [3.8, 4) is 0 Å². The summed E-state index contributed by atoms with van der Waals surface area (Å²) >= 11 is 0. The van der Waals surface area contributed by atoms with Crippen LogP contribution in [0.25, 0.3) is 0 Å². The third-order valence-corrected chi connectivity index (χ3v) is 2.05. The highest BCUT2D eigenvalue weighted by Crippen LogP contribution is 2.10. The summed E-state index contributed by atoms with van der Waals surface area (Å²) < 4.78 is 0. The van der Waals surface area contributed by atoms with Crippen LogP contribution in [0.4, 0.5) is 0 Å². The lowest BCUT2D eigenvalue weighted by Gasteiger charge is -2.21. The average Bonchev–Trinajstić information content (AvgIpc) is 2.03. The molecule has 0 radical (unpaired) electrons. The first kappa shape index (κ1) is 11.4. The first-order valence-corrected chi connectivity index (χ1v) is 4.25. The van der Waals surface area contributed by atoms with Crippen LogP contribution in [0, 0.1) is 5.92 Å². The van der Waals surface area contributed by atoms with Crippen molar-refractivity contribution < 1.29 is 9.90 Å². The zero-order valence-corrected chi connectivity index (χ0v) is 7.66. The summed E-state index contributed by atoms with van der Waals surface area (Å²) in [5, 5.41) is 11.5. The van der Waals surface area contributed by atoms with E-state index in [9.17, 15) is 4.79 Å². The molecule has 1 amide bonds. The Hall–Kier alpha value is -0.610. The Morgan fingerprint density at radius 2 is 2.25 bits per heavy atom. The summed E-state index contributed by atoms with van der Waals surface area (Å²) in [5.74, 6) is 0.459. The van der Waals surface area contributed by atoms with Crippen LogP contribution in [0.15, 0.2) is 0 Å². The summed E-state index contributed by atoms with van der Waals surface area (Å²) in [5.41, 5.74) is 5.26. The summed E-state index contributed by atoms with van der Waals surface area (Å²) in [7, 11) is 0. The zero-order valence-electron chi connectivity index (χ0n) is 7.66. The molecule has 0 saturated carbocycles. The standard InChI is InChI=1S/C8H18N2O2/c1-3-6(2)4-7(8(9)12)10-5-11/h5-8,12H,3-4,9H2,1-2H3,(H,10,11)/t6?,7-,8?/m0/s1. The molecule has 0 bridgehead atoms. The molecule has 12 heavy (non-hydrogen) atoms. The second kappa shape index (κ2) is 5.97. The fourth-order valence-electron chi connectivity index (χ4n) is 0.994. The van der Waals surface area contributed by atoms with Crippen molar-refractivity contribution in [2.45, 2.75) is 39.0 Å². The van der Waals surface area contributed by atoms with Gasteiger partial charge in [-0.2, -0.15) is 0 Å². The van der Waals surface area contributed by atoms with Crippen LogP contribution >= 0.6 is 0 Å². The predicted molar refractivity (Wildman–Crippen MR) is 47.3 cm³/mol. The minimum atomic E-state index is -0.968. The lowest BCUT2D eigenvalue weighted by atomic mass is 9.99. The van der Waals surface area contributed by atoms with E-state index in [1.165, 1.54) is 0 Å². The maximum absolute atomic E-state index is 10.1. The van der Waals surface area contributed by atoms with Crippen LogP contribution < -0.4 is 11.1 Å². The SMILES string of the molecule is CCC(C)C[C@H](NC=O)C(N)O. The lowest BCUT2D eigenvalue weighted by Crippen LogP contribution is -2.45. The molecular weight excluding hydrogens is 156 g/mol. The molecule has 0 fully saturated rings. The number of aliphatic hydroxyl groups excluding tert-OH is 1. The molecule has 0 aromatic heterocycles.